The van der Waals surface area contributed by atoms with Crippen molar-refractivity contribution in [3.63, 3.8) is 0 Å². The van der Waals surface area contributed by atoms with Crippen molar-refractivity contribution in [2.75, 3.05) is 0 Å². The average Bonchev–Trinajstić information content (AvgIpc) is 2.83. The number of rotatable bonds is 5. The highest BCUT2D eigenvalue weighted by Crippen LogP contribution is 2.29. The number of nitrogens with two attached hydrogens (primary N) is 1. The topological polar surface area (TPSA) is 38.9 Å². The van der Waals surface area contributed by atoms with Crippen molar-refractivity contribution in [1.82, 2.24) is 4.98 Å². The molecule has 0 saturated carbocycles. The zero-order chi connectivity index (χ0) is 12.1. The van der Waals surface area contributed by atoms with E-state index in [2.05, 4.69) is 36.2 Å². The van der Waals surface area contributed by atoms with Gasteiger partial charge in [0, 0.05) is 23.0 Å². The molecule has 0 bridgehead atoms. The molecule has 1 atom stereocenters. The van der Waals surface area contributed by atoms with Crippen molar-refractivity contribution >= 4 is 11.3 Å². The van der Waals surface area contributed by atoms with Gasteiger partial charge in [0.2, 0.25) is 0 Å². The molecule has 2 aromatic rings. The average molecular weight is 246 g/mol. The van der Waals surface area contributed by atoms with Gasteiger partial charge < -0.3 is 5.73 Å². The molecule has 0 spiro atoms. The molecule has 2 rings (SSSR count). The summed E-state index contributed by atoms with van der Waals surface area (Å²) in [5.41, 5.74) is 9.42. The lowest BCUT2D eigenvalue weighted by Gasteiger charge is -2.29. The minimum atomic E-state index is -0.261. The normalized spacial score (nSPS) is 14.5. The van der Waals surface area contributed by atoms with Gasteiger partial charge in [0.05, 0.1) is 5.51 Å². The Morgan fingerprint density at radius 1 is 1.29 bits per heavy atom. The predicted octanol–water partition coefficient (Wildman–Crippen LogP) is 3.34. The predicted molar refractivity (Wildman–Crippen MR) is 73.0 cm³/mol. The summed E-state index contributed by atoms with van der Waals surface area (Å²) in [4.78, 5) is 5.38. The first kappa shape index (κ1) is 12.3. The second-order valence-electron chi connectivity index (χ2n) is 4.42. The van der Waals surface area contributed by atoms with Crippen LogP contribution in [-0.4, -0.2) is 4.98 Å². The third-order valence-corrected chi connectivity index (χ3v) is 3.80. The molecular weight excluding hydrogens is 228 g/mol. The third kappa shape index (κ3) is 2.93. The van der Waals surface area contributed by atoms with Crippen molar-refractivity contribution in [2.24, 2.45) is 5.73 Å². The van der Waals surface area contributed by atoms with Crippen LogP contribution in [0.25, 0.3) is 0 Å². The second kappa shape index (κ2) is 5.43. The number of benzene rings is 1. The molecule has 0 aliphatic heterocycles. The first-order chi connectivity index (χ1) is 8.24. The van der Waals surface area contributed by atoms with Gasteiger partial charge in [-0.05, 0) is 12.0 Å². The van der Waals surface area contributed by atoms with Crippen molar-refractivity contribution < 1.29 is 0 Å². The fourth-order valence-corrected chi connectivity index (χ4v) is 2.91. The summed E-state index contributed by atoms with van der Waals surface area (Å²) in [7, 11) is 0. The molecule has 0 aliphatic carbocycles. The Labute approximate surface area is 107 Å². The first-order valence-corrected chi connectivity index (χ1v) is 6.84. The van der Waals surface area contributed by atoms with Crippen LogP contribution < -0.4 is 5.73 Å². The molecule has 0 aliphatic rings. The molecule has 3 heteroatoms. The Hall–Kier alpha value is -1.19. The van der Waals surface area contributed by atoms with Crippen LogP contribution >= 0.6 is 11.3 Å². The van der Waals surface area contributed by atoms with Crippen LogP contribution in [-0.2, 0) is 12.0 Å². The van der Waals surface area contributed by atoms with E-state index in [9.17, 15) is 0 Å². The summed E-state index contributed by atoms with van der Waals surface area (Å²) in [5.74, 6) is 0. The fraction of sp³-hybridized carbons (Fsp3) is 0.357. The SMILES string of the molecule is CCCC(N)(Cc1cncs1)c1ccccc1. The van der Waals surface area contributed by atoms with Crippen molar-refractivity contribution in [3.05, 3.63) is 52.5 Å². The maximum atomic E-state index is 6.60. The van der Waals surface area contributed by atoms with Crippen LogP contribution in [0.5, 0.6) is 0 Å². The van der Waals surface area contributed by atoms with Crippen LogP contribution in [0.3, 0.4) is 0 Å². The van der Waals surface area contributed by atoms with Gasteiger partial charge in [-0.1, -0.05) is 43.7 Å². The first-order valence-electron chi connectivity index (χ1n) is 5.96. The smallest absolute Gasteiger partial charge is 0.0794 e. The van der Waals surface area contributed by atoms with E-state index < -0.39 is 0 Å². The van der Waals surface area contributed by atoms with Gasteiger partial charge >= 0.3 is 0 Å². The van der Waals surface area contributed by atoms with E-state index in [1.165, 1.54) is 10.4 Å². The van der Waals surface area contributed by atoms with Gasteiger partial charge in [-0.25, -0.2) is 0 Å². The van der Waals surface area contributed by atoms with Crippen LogP contribution in [0.2, 0.25) is 0 Å². The van der Waals surface area contributed by atoms with Crippen molar-refractivity contribution in [2.45, 2.75) is 31.7 Å². The molecule has 2 nitrogen and oxygen atoms in total. The van der Waals surface area contributed by atoms with Crippen LogP contribution in [0.1, 0.15) is 30.2 Å². The van der Waals surface area contributed by atoms with Crippen molar-refractivity contribution in [3.8, 4) is 0 Å². The zero-order valence-electron chi connectivity index (χ0n) is 10.1. The van der Waals surface area contributed by atoms with Gasteiger partial charge in [0.1, 0.15) is 0 Å². The van der Waals surface area contributed by atoms with Crippen LogP contribution in [0, 0.1) is 0 Å². The van der Waals surface area contributed by atoms with Crippen LogP contribution in [0.15, 0.2) is 42.0 Å². The Balaban J connectivity index is 2.26. The third-order valence-electron chi connectivity index (χ3n) is 3.02. The molecule has 1 unspecified atom stereocenters. The summed E-state index contributed by atoms with van der Waals surface area (Å²) >= 11 is 1.68. The Kier molecular flexibility index (Phi) is 3.92. The monoisotopic (exact) mass is 246 g/mol. The number of hydrogen-bond donors (Lipinski definition) is 1. The molecular formula is C14H18N2S. The molecule has 1 aromatic carbocycles. The fourth-order valence-electron chi connectivity index (χ4n) is 2.19. The van der Waals surface area contributed by atoms with E-state index in [0.29, 0.717) is 0 Å². The Morgan fingerprint density at radius 3 is 2.65 bits per heavy atom. The lowest BCUT2D eigenvalue weighted by Crippen LogP contribution is -2.38. The van der Waals surface area contributed by atoms with E-state index >= 15 is 0 Å². The lowest BCUT2D eigenvalue weighted by atomic mass is 9.83. The minimum absolute atomic E-state index is 0.261. The molecule has 2 N–H and O–H groups in total. The molecule has 17 heavy (non-hydrogen) atoms. The highest BCUT2D eigenvalue weighted by molar-refractivity contribution is 7.09. The van der Waals surface area contributed by atoms with Crippen molar-refractivity contribution in [1.29, 1.82) is 0 Å². The van der Waals surface area contributed by atoms with Crippen LogP contribution in [0.4, 0.5) is 0 Å². The van der Waals surface area contributed by atoms with Gasteiger partial charge in [-0.15, -0.1) is 11.3 Å². The van der Waals surface area contributed by atoms with E-state index in [1.54, 1.807) is 11.3 Å². The molecule has 0 saturated heterocycles. The van der Waals surface area contributed by atoms with E-state index in [0.717, 1.165) is 19.3 Å². The number of nitrogens with zero attached hydrogens (tertiary/aromatic N) is 1. The van der Waals surface area contributed by atoms with Gasteiger partial charge in [0.15, 0.2) is 0 Å². The summed E-state index contributed by atoms with van der Waals surface area (Å²) in [6.45, 7) is 2.18. The Morgan fingerprint density at radius 2 is 2.06 bits per heavy atom. The molecule has 0 amide bonds. The minimum Gasteiger partial charge on any atom is -0.321 e. The maximum absolute atomic E-state index is 6.60. The highest BCUT2D eigenvalue weighted by Gasteiger charge is 2.27. The number of aromatic nitrogens is 1. The maximum Gasteiger partial charge on any atom is 0.0794 e. The summed E-state index contributed by atoms with van der Waals surface area (Å²) in [5, 5.41) is 0. The number of hydrogen-bond acceptors (Lipinski definition) is 3. The molecule has 1 aromatic heterocycles. The van der Waals surface area contributed by atoms with Gasteiger partial charge in [0.25, 0.3) is 0 Å². The molecule has 90 valence electrons. The Bertz CT molecular complexity index is 439. The summed E-state index contributed by atoms with van der Waals surface area (Å²) in [6.07, 6.45) is 4.87. The lowest BCUT2D eigenvalue weighted by molar-refractivity contribution is 0.403. The van der Waals surface area contributed by atoms with Gasteiger partial charge in [-0.3, -0.25) is 4.98 Å². The number of thiazole rings is 1. The van der Waals surface area contributed by atoms with Gasteiger partial charge in [-0.2, -0.15) is 0 Å². The molecule has 0 radical (unpaired) electrons. The molecule has 1 heterocycles. The van der Waals surface area contributed by atoms with E-state index in [1.807, 2.05) is 17.8 Å². The zero-order valence-corrected chi connectivity index (χ0v) is 10.9. The summed E-state index contributed by atoms with van der Waals surface area (Å²) in [6, 6.07) is 10.4. The van der Waals surface area contributed by atoms with E-state index in [-0.39, 0.29) is 5.54 Å². The molecule has 0 fully saturated rings. The highest BCUT2D eigenvalue weighted by atomic mass is 32.1. The van der Waals surface area contributed by atoms with E-state index in [4.69, 9.17) is 5.73 Å². The summed E-state index contributed by atoms with van der Waals surface area (Å²) < 4.78 is 0. The second-order valence-corrected chi connectivity index (χ2v) is 5.39. The largest absolute Gasteiger partial charge is 0.321 e. The standard InChI is InChI=1S/C14H18N2S/c1-2-8-14(15,9-13-10-16-11-17-13)12-6-4-3-5-7-12/h3-7,10-11H,2,8-9,15H2,1H3. The quantitative estimate of drug-likeness (QED) is 0.878.